The van der Waals surface area contributed by atoms with E-state index >= 15 is 0 Å². The minimum absolute atomic E-state index is 0.119. The number of aliphatic hydroxyl groups is 1. The molecule has 0 aliphatic heterocycles. The van der Waals surface area contributed by atoms with Crippen molar-refractivity contribution in [1.29, 1.82) is 0 Å². The number of hydrogen-bond donors (Lipinski definition) is 1. The third-order valence-corrected chi connectivity index (χ3v) is 3.62. The zero-order valence-corrected chi connectivity index (χ0v) is 12.3. The van der Waals surface area contributed by atoms with Crippen molar-refractivity contribution in [3.8, 4) is 5.75 Å². The minimum atomic E-state index is -0.888. The van der Waals surface area contributed by atoms with E-state index in [9.17, 15) is 13.9 Å². The Labute approximate surface area is 123 Å². The van der Waals surface area contributed by atoms with Crippen LogP contribution in [0, 0.1) is 25.5 Å². The van der Waals surface area contributed by atoms with Crippen LogP contribution in [-0.4, -0.2) is 12.2 Å². The number of methoxy groups -OCH3 is 1. The molecule has 2 rings (SSSR count). The molecule has 2 nitrogen and oxygen atoms in total. The van der Waals surface area contributed by atoms with Crippen molar-refractivity contribution in [3.63, 3.8) is 0 Å². The number of hydrogen-bond acceptors (Lipinski definition) is 2. The quantitative estimate of drug-likeness (QED) is 0.927. The summed E-state index contributed by atoms with van der Waals surface area (Å²) in [4.78, 5) is 0. The number of ether oxygens (including phenoxy) is 1. The number of halogens is 2. The lowest BCUT2D eigenvalue weighted by atomic mass is 9.96. The zero-order chi connectivity index (χ0) is 15.6. The fourth-order valence-corrected chi connectivity index (χ4v) is 2.41. The van der Waals surface area contributed by atoms with Crippen LogP contribution < -0.4 is 4.74 Å². The molecule has 0 radical (unpaired) electrons. The lowest BCUT2D eigenvalue weighted by Crippen LogP contribution is -2.06. The van der Waals surface area contributed by atoms with Crippen molar-refractivity contribution in [2.75, 3.05) is 7.11 Å². The summed E-state index contributed by atoms with van der Waals surface area (Å²) in [5, 5.41) is 10.4. The highest BCUT2D eigenvalue weighted by molar-refractivity contribution is 5.46. The maximum Gasteiger partial charge on any atom is 0.127 e. The van der Waals surface area contributed by atoms with Gasteiger partial charge in [-0.25, -0.2) is 8.78 Å². The lowest BCUT2D eigenvalue weighted by Gasteiger charge is -2.18. The third-order valence-electron chi connectivity index (χ3n) is 3.62. The van der Waals surface area contributed by atoms with Gasteiger partial charge in [0.25, 0.3) is 0 Å². The van der Waals surface area contributed by atoms with Crippen LogP contribution >= 0.6 is 0 Å². The number of benzene rings is 2. The molecule has 1 unspecified atom stereocenters. The van der Waals surface area contributed by atoms with Crippen LogP contribution in [-0.2, 0) is 6.42 Å². The van der Waals surface area contributed by atoms with Gasteiger partial charge in [-0.3, -0.25) is 0 Å². The summed E-state index contributed by atoms with van der Waals surface area (Å²) in [6.07, 6.45) is -0.770. The first-order valence-corrected chi connectivity index (χ1v) is 6.69. The van der Waals surface area contributed by atoms with Gasteiger partial charge in [0.15, 0.2) is 0 Å². The van der Waals surface area contributed by atoms with Crippen LogP contribution in [0.5, 0.6) is 5.75 Å². The molecule has 112 valence electrons. The van der Waals surface area contributed by atoms with Crippen molar-refractivity contribution in [2.45, 2.75) is 26.4 Å². The van der Waals surface area contributed by atoms with E-state index < -0.39 is 17.7 Å². The molecule has 4 heteroatoms. The number of aliphatic hydroxyl groups excluding tert-OH is 1. The smallest absolute Gasteiger partial charge is 0.127 e. The minimum Gasteiger partial charge on any atom is -0.496 e. The molecular weight excluding hydrogens is 274 g/mol. The van der Waals surface area contributed by atoms with Gasteiger partial charge in [0.1, 0.15) is 17.4 Å². The normalized spacial score (nSPS) is 12.3. The predicted octanol–water partition coefficient (Wildman–Crippen LogP) is 3.87. The maximum atomic E-state index is 13.2. The van der Waals surface area contributed by atoms with Crippen LogP contribution in [0.1, 0.15) is 28.4 Å². The Morgan fingerprint density at radius 3 is 2.29 bits per heavy atom. The molecule has 0 aliphatic carbocycles. The molecule has 1 N–H and O–H groups in total. The summed E-state index contributed by atoms with van der Waals surface area (Å²) in [5.74, 6) is -0.687. The zero-order valence-electron chi connectivity index (χ0n) is 12.3. The predicted molar refractivity (Wildman–Crippen MR) is 77.5 cm³/mol. The molecule has 0 fully saturated rings. The summed E-state index contributed by atoms with van der Waals surface area (Å²) in [6, 6.07) is 6.93. The molecule has 0 aromatic heterocycles. The second-order valence-electron chi connectivity index (χ2n) is 5.13. The Balaban J connectivity index is 2.32. The Morgan fingerprint density at radius 1 is 1.10 bits per heavy atom. The van der Waals surface area contributed by atoms with E-state index in [1.165, 1.54) is 12.1 Å². The monoisotopic (exact) mass is 292 g/mol. The molecule has 2 aromatic rings. The molecule has 0 saturated carbocycles. The second-order valence-corrected chi connectivity index (χ2v) is 5.13. The van der Waals surface area contributed by atoms with Gasteiger partial charge in [0.2, 0.25) is 0 Å². The van der Waals surface area contributed by atoms with E-state index in [1.54, 1.807) is 13.2 Å². The highest BCUT2D eigenvalue weighted by Gasteiger charge is 2.17. The van der Waals surface area contributed by atoms with Crippen molar-refractivity contribution in [3.05, 3.63) is 64.2 Å². The van der Waals surface area contributed by atoms with E-state index in [4.69, 9.17) is 4.74 Å². The maximum absolute atomic E-state index is 13.2. The van der Waals surface area contributed by atoms with Crippen LogP contribution in [0.2, 0.25) is 0 Å². The molecule has 2 aromatic carbocycles. The molecular formula is C17H18F2O2. The summed E-state index contributed by atoms with van der Waals surface area (Å²) in [7, 11) is 1.54. The SMILES string of the molecule is COc1c(C(O)Cc2cc(F)cc(F)c2)ccc(C)c1C. The Hall–Kier alpha value is -1.94. The van der Waals surface area contributed by atoms with Gasteiger partial charge in [-0.05, 0) is 42.7 Å². The van der Waals surface area contributed by atoms with Crippen LogP contribution in [0.15, 0.2) is 30.3 Å². The van der Waals surface area contributed by atoms with Crippen LogP contribution in [0.25, 0.3) is 0 Å². The lowest BCUT2D eigenvalue weighted by molar-refractivity contribution is 0.173. The van der Waals surface area contributed by atoms with Gasteiger partial charge in [0, 0.05) is 18.1 Å². The van der Waals surface area contributed by atoms with Crippen LogP contribution in [0.4, 0.5) is 8.78 Å². The average molecular weight is 292 g/mol. The Morgan fingerprint density at radius 2 is 1.71 bits per heavy atom. The van der Waals surface area contributed by atoms with Crippen molar-refractivity contribution < 1.29 is 18.6 Å². The highest BCUT2D eigenvalue weighted by atomic mass is 19.1. The highest BCUT2D eigenvalue weighted by Crippen LogP contribution is 2.32. The summed E-state index contributed by atoms with van der Waals surface area (Å²) < 4.78 is 31.7. The summed E-state index contributed by atoms with van der Waals surface area (Å²) in [6.45, 7) is 3.86. The molecule has 0 aliphatic rings. The van der Waals surface area contributed by atoms with Crippen LogP contribution in [0.3, 0.4) is 0 Å². The summed E-state index contributed by atoms with van der Waals surface area (Å²) >= 11 is 0. The molecule has 0 amide bonds. The van der Waals surface area contributed by atoms with Gasteiger partial charge in [0.05, 0.1) is 13.2 Å². The fourth-order valence-electron chi connectivity index (χ4n) is 2.41. The number of aryl methyl sites for hydroxylation is 1. The van der Waals surface area contributed by atoms with E-state index in [1.807, 2.05) is 19.9 Å². The Kier molecular flexibility index (Phi) is 4.58. The second kappa shape index (κ2) is 6.22. The molecule has 21 heavy (non-hydrogen) atoms. The molecule has 0 bridgehead atoms. The Bertz CT molecular complexity index is 633. The molecule has 0 saturated heterocycles. The molecule has 0 spiro atoms. The fraction of sp³-hybridized carbons (Fsp3) is 0.294. The largest absolute Gasteiger partial charge is 0.496 e. The van der Waals surface area contributed by atoms with E-state index in [0.717, 1.165) is 17.2 Å². The van der Waals surface area contributed by atoms with E-state index in [-0.39, 0.29) is 6.42 Å². The average Bonchev–Trinajstić information content (AvgIpc) is 2.40. The standard InChI is InChI=1S/C17H18F2O2/c1-10-4-5-15(17(21-3)11(10)2)16(20)8-12-6-13(18)9-14(19)7-12/h4-7,9,16,20H,8H2,1-3H3. The first-order chi connectivity index (χ1) is 9.92. The van der Waals surface area contributed by atoms with Gasteiger partial charge < -0.3 is 9.84 Å². The molecule has 1 atom stereocenters. The van der Waals surface area contributed by atoms with Gasteiger partial charge in [-0.1, -0.05) is 12.1 Å². The number of rotatable bonds is 4. The first-order valence-electron chi connectivity index (χ1n) is 6.69. The third kappa shape index (κ3) is 3.39. The topological polar surface area (TPSA) is 29.5 Å². The summed E-state index contributed by atoms with van der Waals surface area (Å²) in [5.41, 5.74) is 3.02. The van der Waals surface area contributed by atoms with E-state index in [2.05, 4.69) is 0 Å². The van der Waals surface area contributed by atoms with Crippen molar-refractivity contribution in [1.82, 2.24) is 0 Å². The van der Waals surface area contributed by atoms with Gasteiger partial charge >= 0.3 is 0 Å². The molecule has 0 heterocycles. The van der Waals surface area contributed by atoms with E-state index in [0.29, 0.717) is 16.9 Å². The van der Waals surface area contributed by atoms with Crippen molar-refractivity contribution in [2.24, 2.45) is 0 Å². The van der Waals surface area contributed by atoms with Crippen molar-refractivity contribution >= 4 is 0 Å². The first kappa shape index (κ1) is 15.4. The van der Waals surface area contributed by atoms with Gasteiger partial charge in [-0.2, -0.15) is 0 Å². The van der Waals surface area contributed by atoms with Gasteiger partial charge in [-0.15, -0.1) is 0 Å².